The summed E-state index contributed by atoms with van der Waals surface area (Å²) in [6.07, 6.45) is -0.312. The molecule has 5 N–H and O–H groups in total. The standard InChI is InChI=1S/C6H8O6.C6H10O4/c7-4(8)1-3(6(11)12)2-5(9)10;7-5(8)3-1-2-4-6(9)10/h3H,1-2H2,(H,7,8)(H,9,10)(H,11,12);1-4H2,(H,7,8)(H,9,10). The van der Waals surface area contributed by atoms with Gasteiger partial charge in [0.2, 0.25) is 0 Å². The average Bonchev–Trinajstić information content (AvgIpc) is 2.33. The Kier molecular flexibility index (Phi) is 11.9. The minimum atomic E-state index is -1.40. The van der Waals surface area contributed by atoms with E-state index < -0.39 is 48.6 Å². The summed E-state index contributed by atoms with van der Waals surface area (Å²) in [7, 11) is 0. The van der Waals surface area contributed by atoms with E-state index in [0.29, 0.717) is 12.8 Å². The molecule has 0 amide bonds. The molecule has 0 fully saturated rings. The monoisotopic (exact) mass is 322 g/mol. The molecule has 0 unspecified atom stereocenters. The van der Waals surface area contributed by atoms with Gasteiger partial charge in [-0.25, -0.2) is 0 Å². The second kappa shape index (κ2) is 12.1. The molecule has 10 heteroatoms. The molecule has 0 saturated carbocycles. The fraction of sp³-hybridized carbons (Fsp3) is 0.583. The number of carboxylic acid groups (broad SMARTS) is 5. The van der Waals surface area contributed by atoms with Crippen molar-refractivity contribution in [2.45, 2.75) is 38.5 Å². The summed E-state index contributed by atoms with van der Waals surface area (Å²) in [6.45, 7) is 0. The van der Waals surface area contributed by atoms with Crippen molar-refractivity contribution >= 4 is 29.8 Å². The second-order valence-electron chi connectivity index (χ2n) is 4.23. The van der Waals surface area contributed by atoms with Gasteiger partial charge in [0.15, 0.2) is 0 Å². The predicted octanol–water partition coefficient (Wildman–Crippen LogP) is 0.353. The smallest absolute Gasteiger partial charge is 0.307 e. The summed E-state index contributed by atoms with van der Waals surface area (Å²) in [5, 5.41) is 41.0. The Labute approximate surface area is 125 Å². The molecule has 10 nitrogen and oxygen atoms in total. The van der Waals surface area contributed by atoms with E-state index in [1.165, 1.54) is 0 Å². The molecule has 0 radical (unpaired) electrons. The van der Waals surface area contributed by atoms with E-state index in [0.717, 1.165) is 0 Å². The number of carboxylic acids is 5. The van der Waals surface area contributed by atoms with E-state index in [2.05, 4.69) is 0 Å². The van der Waals surface area contributed by atoms with Gasteiger partial charge >= 0.3 is 29.8 Å². The van der Waals surface area contributed by atoms with Crippen molar-refractivity contribution in [3.8, 4) is 0 Å². The van der Waals surface area contributed by atoms with E-state index in [-0.39, 0.29) is 12.8 Å². The fourth-order valence-corrected chi connectivity index (χ4v) is 1.22. The van der Waals surface area contributed by atoms with Crippen LogP contribution in [-0.4, -0.2) is 55.4 Å². The van der Waals surface area contributed by atoms with Crippen LogP contribution in [0.25, 0.3) is 0 Å². The number of unbranched alkanes of at least 4 members (excludes halogenated alkanes) is 1. The molecule has 0 spiro atoms. The Morgan fingerprint density at radius 3 is 1.09 bits per heavy atom. The predicted molar refractivity (Wildman–Crippen MR) is 69.4 cm³/mol. The van der Waals surface area contributed by atoms with Crippen molar-refractivity contribution < 1.29 is 49.5 Å². The van der Waals surface area contributed by atoms with Crippen molar-refractivity contribution in [3.05, 3.63) is 0 Å². The lowest BCUT2D eigenvalue weighted by Gasteiger charge is -2.04. The van der Waals surface area contributed by atoms with Gasteiger partial charge < -0.3 is 25.5 Å². The van der Waals surface area contributed by atoms with Crippen molar-refractivity contribution in [2.24, 2.45) is 5.92 Å². The lowest BCUT2D eigenvalue weighted by molar-refractivity contribution is -0.152. The van der Waals surface area contributed by atoms with Gasteiger partial charge in [0.25, 0.3) is 0 Å². The quantitative estimate of drug-likeness (QED) is 0.351. The molecule has 0 atom stereocenters. The third-order valence-corrected chi connectivity index (χ3v) is 2.22. The van der Waals surface area contributed by atoms with Crippen LogP contribution in [0, 0.1) is 5.92 Å². The second-order valence-corrected chi connectivity index (χ2v) is 4.23. The topological polar surface area (TPSA) is 186 Å². The molecule has 0 aliphatic heterocycles. The van der Waals surface area contributed by atoms with E-state index in [4.69, 9.17) is 25.5 Å². The van der Waals surface area contributed by atoms with Crippen LogP contribution in [0.5, 0.6) is 0 Å². The van der Waals surface area contributed by atoms with Gasteiger partial charge in [0, 0.05) is 12.8 Å². The number of hydrogen-bond donors (Lipinski definition) is 5. The number of aliphatic carboxylic acids is 5. The Hall–Kier alpha value is -2.65. The minimum absolute atomic E-state index is 0.0628. The van der Waals surface area contributed by atoms with Crippen LogP contribution in [0.2, 0.25) is 0 Å². The molecule has 0 heterocycles. The summed E-state index contributed by atoms with van der Waals surface area (Å²) in [6, 6.07) is 0. The van der Waals surface area contributed by atoms with E-state index >= 15 is 0 Å². The first-order valence-electron chi connectivity index (χ1n) is 6.16. The first kappa shape index (κ1) is 21.6. The average molecular weight is 322 g/mol. The molecule has 0 aromatic rings. The molecule has 0 aromatic heterocycles. The highest BCUT2D eigenvalue weighted by Gasteiger charge is 2.23. The molecular weight excluding hydrogens is 304 g/mol. The highest BCUT2D eigenvalue weighted by Crippen LogP contribution is 2.08. The highest BCUT2D eigenvalue weighted by atomic mass is 16.4. The third kappa shape index (κ3) is 17.4. The number of hydrogen-bond acceptors (Lipinski definition) is 5. The summed E-state index contributed by atoms with van der Waals surface area (Å²) >= 11 is 0. The van der Waals surface area contributed by atoms with Crippen molar-refractivity contribution in [2.75, 3.05) is 0 Å². The SMILES string of the molecule is O=C(O)CC(CC(=O)O)C(=O)O.O=C(O)CCCCC(=O)O. The molecule has 22 heavy (non-hydrogen) atoms. The molecular formula is C12H18O10. The van der Waals surface area contributed by atoms with E-state index in [1.807, 2.05) is 0 Å². The molecule has 0 aromatic carbocycles. The van der Waals surface area contributed by atoms with Crippen molar-refractivity contribution in [1.82, 2.24) is 0 Å². The molecule has 0 aliphatic rings. The van der Waals surface area contributed by atoms with Crippen molar-refractivity contribution in [1.29, 1.82) is 0 Å². The van der Waals surface area contributed by atoms with Crippen LogP contribution in [0.4, 0.5) is 0 Å². The fourth-order valence-electron chi connectivity index (χ4n) is 1.22. The van der Waals surface area contributed by atoms with Crippen LogP contribution < -0.4 is 0 Å². The van der Waals surface area contributed by atoms with E-state index in [9.17, 15) is 24.0 Å². The van der Waals surface area contributed by atoms with Crippen LogP contribution in [-0.2, 0) is 24.0 Å². The van der Waals surface area contributed by atoms with Gasteiger partial charge in [-0.2, -0.15) is 0 Å². The lowest BCUT2D eigenvalue weighted by atomic mass is 10.0. The Bertz CT molecular complexity index is 382. The Morgan fingerprint density at radius 2 is 0.909 bits per heavy atom. The summed E-state index contributed by atoms with van der Waals surface area (Å²) in [4.78, 5) is 50.1. The van der Waals surface area contributed by atoms with Gasteiger partial charge in [-0.1, -0.05) is 0 Å². The van der Waals surface area contributed by atoms with Gasteiger partial charge in [0.1, 0.15) is 0 Å². The number of carbonyl (C=O) groups is 5. The first-order chi connectivity index (χ1) is 10.1. The van der Waals surface area contributed by atoms with Crippen LogP contribution in [0.15, 0.2) is 0 Å². The summed E-state index contributed by atoms with van der Waals surface area (Å²) in [5.41, 5.74) is 0. The summed E-state index contributed by atoms with van der Waals surface area (Å²) in [5.74, 6) is -7.12. The normalized spacial score (nSPS) is 9.50. The highest BCUT2D eigenvalue weighted by molar-refractivity contribution is 5.82. The maximum absolute atomic E-state index is 10.2. The van der Waals surface area contributed by atoms with Crippen molar-refractivity contribution in [3.63, 3.8) is 0 Å². The van der Waals surface area contributed by atoms with Gasteiger partial charge in [0.05, 0.1) is 18.8 Å². The van der Waals surface area contributed by atoms with Crippen LogP contribution >= 0.6 is 0 Å². The Morgan fingerprint density at radius 1 is 0.591 bits per heavy atom. The largest absolute Gasteiger partial charge is 0.481 e. The molecule has 0 bridgehead atoms. The lowest BCUT2D eigenvalue weighted by Crippen LogP contribution is -2.20. The van der Waals surface area contributed by atoms with E-state index in [1.54, 1.807) is 0 Å². The molecule has 0 saturated heterocycles. The zero-order valence-electron chi connectivity index (χ0n) is 11.6. The maximum atomic E-state index is 10.2. The van der Waals surface area contributed by atoms with Gasteiger partial charge in [-0.15, -0.1) is 0 Å². The third-order valence-electron chi connectivity index (χ3n) is 2.22. The Balaban J connectivity index is 0. The van der Waals surface area contributed by atoms with Gasteiger partial charge in [-0.3, -0.25) is 24.0 Å². The first-order valence-corrected chi connectivity index (χ1v) is 6.16. The zero-order chi connectivity index (χ0) is 17.7. The summed E-state index contributed by atoms with van der Waals surface area (Å²) < 4.78 is 0. The van der Waals surface area contributed by atoms with Crippen LogP contribution in [0.3, 0.4) is 0 Å². The minimum Gasteiger partial charge on any atom is -0.481 e. The molecule has 0 rings (SSSR count). The zero-order valence-corrected chi connectivity index (χ0v) is 11.6. The van der Waals surface area contributed by atoms with Gasteiger partial charge in [-0.05, 0) is 12.8 Å². The maximum Gasteiger partial charge on any atom is 0.307 e. The number of rotatable bonds is 10. The molecule has 126 valence electrons. The van der Waals surface area contributed by atoms with Crippen LogP contribution in [0.1, 0.15) is 38.5 Å². The molecule has 0 aliphatic carbocycles.